The van der Waals surface area contributed by atoms with Crippen LogP contribution in [-0.2, 0) is 4.74 Å². The highest BCUT2D eigenvalue weighted by Crippen LogP contribution is 2.32. The van der Waals surface area contributed by atoms with Crippen molar-refractivity contribution in [3.05, 3.63) is 0 Å². The number of carbonyl (C=O) groups is 1. The number of aliphatic hydroxyl groups is 1. The van der Waals surface area contributed by atoms with Crippen LogP contribution in [-0.4, -0.2) is 47.9 Å². The van der Waals surface area contributed by atoms with Crippen molar-refractivity contribution in [3.63, 3.8) is 0 Å². The highest BCUT2D eigenvalue weighted by molar-refractivity contribution is 5.68. The fraction of sp³-hybridized carbons (Fsp3) is 0.929. The molecule has 0 saturated carbocycles. The third kappa shape index (κ3) is 4.99. The number of hydrogen-bond donors (Lipinski definition) is 2. The van der Waals surface area contributed by atoms with Crippen molar-refractivity contribution in [2.45, 2.75) is 52.1 Å². The van der Waals surface area contributed by atoms with Crippen LogP contribution in [0.15, 0.2) is 0 Å². The van der Waals surface area contributed by atoms with Crippen molar-refractivity contribution < 1.29 is 14.6 Å². The second-order valence-electron chi connectivity index (χ2n) is 6.54. The minimum Gasteiger partial charge on any atom is -0.444 e. The Morgan fingerprint density at radius 1 is 1.42 bits per heavy atom. The smallest absolute Gasteiger partial charge is 0.410 e. The van der Waals surface area contributed by atoms with Gasteiger partial charge in [0.15, 0.2) is 0 Å². The summed E-state index contributed by atoms with van der Waals surface area (Å²) in [4.78, 5) is 13.9. The molecule has 0 aliphatic carbocycles. The average Bonchev–Trinajstić information content (AvgIpc) is 2.51. The maximum atomic E-state index is 12.2. The lowest BCUT2D eigenvalue weighted by Gasteiger charge is -2.35. The Balaban J connectivity index is 2.75. The Kier molecular flexibility index (Phi) is 5.62. The largest absolute Gasteiger partial charge is 0.444 e. The highest BCUT2D eigenvalue weighted by atomic mass is 16.6. The summed E-state index contributed by atoms with van der Waals surface area (Å²) in [5, 5.41) is 9.23. The Labute approximate surface area is 116 Å². The van der Waals surface area contributed by atoms with Gasteiger partial charge in [-0.1, -0.05) is 6.42 Å². The van der Waals surface area contributed by atoms with E-state index in [1.807, 2.05) is 20.8 Å². The zero-order valence-electron chi connectivity index (χ0n) is 12.4. The number of rotatable bonds is 3. The summed E-state index contributed by atoms with van der Waals surface area (Å²) in [5.74, 6) is 0. The molecule has 5 nitrogen and oxygen atoms in total. The van der Waals surface area contributed by atoms with E-state index in [2.05, 4.69) is 0 Å². The number of carbonyl (C=O) groups excluding carboxylic acids is 1. The van der Waals surface area contributed by atoms with Gasteiger partial charge in [-0.05, 0) is 46.6 Å². The van der Waals surface area contributed by atoms with Gasteiger partial charge in [0.25, 0.3) is 0 Å². The molecule has 0 aromatic carbocycles. The van der Waals surface area contributed by atoms with Crippen LogP contribution >= 0.6 is 0 Å². The standard InChI is InChI=1S/C14H28N2O3/c1-13(2,3)19-12(18)16-8-5-4-6-14(10-15,11-16)7-9-17/h17H,4-11,15H2,1-3H3. The Morgan fingerprint density at radius 3 is 2.63 bits per heavy atom. The van der Waals surface area contributed by atoms with Gasteiger partial charge in [-0.15, -0.1) is 0 Å². The van der Waals surface area contributed by atoms with Crippen LogP contribution in [0.5, 0.6) is 0 Å². The maximum Gasteiger partial charge on any atom is 0.410 e. The fourth-order valence-electron chi connectivity index (χ4n) is 2.56. The molecule has 0 aromatic heterocycles. The van der Waals surface area contributed by atoms with Crippen molar-refractivity contribution in [3.8, 4) is 0 Å². The van der Waals surface area contributed by atoms with Gasteiger partial charge in [0.2, 0.25) is 0 Å². The highest BCUT2D eigenvalue weighted by Gasteiger charge is 2.35. The molecule has 1 amide bonds. The van der Waals surface area contributed by atoms with Gasteiger partial charge in [0.1, 0.15) is 5.60 Å². The summed E-state index contributed by atoms with van der Waals surface area (Å²) >= 11 is 0. The molecule has 1 atom stereocenters. The molecule has 1 unspecified atom stereocenters. The molecule has 0 radical (unpaired) electrons. The number of nitrogens with zero attached hydrogens (tertiary/aromatic N) is 1. The predicted octanol–water partition coefficient (Wildman–Crippen LogP) is 1.73. The molecule has 0 bridgehead atoms. The number of aliphatic hydroxyl groups excluding tert-OH is 1. The first-order valence-electron chi connectivity index (χ1n) is 7.11. The molecule has 3 N–H and O–H groups in total. The molecule has 1 saturated heterocycles. The lowest BCUT2D eigenvalue weighted by atomic mass is 9.80. The summed E-state index contributed by atoms with van der Waals surface area (Å²) in [7, 11) is 0. The molecule has 1 aliphatic rings. The van der Waals surface area contributed by atoms with Gasteiger partial charge in [0, 0.05) is 25.1 Å². The first kappa shape index (κ1) is 16.2. The van der Waals surface area contributed by atoms with E-state index < -0.39 is 5.60 Å². The minimum absolute atomic E-state index is 0.110. The normalized spacial score (nSPS) is 25.0. The van der Waals surface area contributed by atoms with Crippen LogP contribution in [0.4, 0.5) is 4.79 Å². The van der Waals surface area contributed by atoms with Gasteiger partial charge in [-0.2, -0.15) is 0 Å². The van der Waals surface area contributed by atoms with Crippen molar-refractivity contribution in [2.75, 3.05) is 26.2 Å². The third-order valence-corrected chi connectivity index (χ3v) is 3.64. The van der Waals surface area contributed by atoms with Crippen molar-refractivity contribution in [1.29, 1.82) is 0 Å². The lowest BCUT2D eigenvalue weighted by Crippen LogP contribution is -2.46. The lowest BCUT2D eigenvalue weighted by molar-refractivity contribution is 0.0163. The van der Waals surface area contributed by atoms with Gasteiger partial charge in [-0.3, -0.25) is 0 Å². The summed E-state index contributed by atoms with van der Waals surface area (Å²) in [6.45, 7) is 7.50. The van der Waals surface area contributed by atoms with E-state index in [1.54, 1.807) is 4.90 Å². The Bertz CT molecular complexity index is 302. The maximum absolute atomic E-state index is 12.2. The van der Waals surface area contributed by atoms with Gasteiger partial charge >= 0.3 is 6.09 Å². The van der Waals surface area contributed by atoms with E-state index in [0.29, 0.717) is 26.1 Å². The number of nitrogens with two attached hydrogens (primary N) is 1. The minimum atomic E-state index is -0.480. The molecule has 112 valence electrons. The van der Waals surface area contributed by atoms with Crippen molar-refractivity contribution in [2.24, 2.45) is 11.1 Å². The van der Waals surface area contributed by atoms with Crippen LogP contribution in [0, 0.1) is 5.41 Å². The number of hydrogen-bond acceptors (Lipinski definition) is 4. The van der Waals surface area contributed by atoms with Crippen LogP contribution in [0.25, 0.3) is 0 Å². The van der Waals surface area contributed by atoms with Gasteiger partial charge in [0.05, 0.1) is 0 Å². The topological polar surface area (TPSA) is 75.8 Å². The van der Waals surface area contributed by atoms with E-state index in [1.165, 1.54) is 0 Å². The zero-order valence-corrected chi connectivity index (χ0v) is 12.4. The van der Waals surface area contributed by atoms with Crippen LogP contribution in [0.1, 0.15) is 46.5 Å². The summed E-state index contributed by atoms with van der Waals surface area (Å²) in [5.41, 5.74) is 5.25. The summed E-state index contributed by atoms with van der Waals surface area (Å²) in [6.07, 6.45) is 3.33. The number of ether oxygens (including phenoxy) is 1. The first-order valence-corrected chi connectivity index (χ1v) is 7.11. The van der Waals surface area contributed by atoms with Crippen molar-refractivity contribution in [1.82, 2.24) is 4.90 Å². The van der Waals surface area contributed by atoms with Crippen molar-refractivity contribution >= 4 is 6.09 Å². The summed E-state index contributed by atoms with van der Waals surface area (Å²) < 4.78 is 5.43. The fourth-order valence-corrected chi connectivity index (χ4v) is 2.56. The number of likely N-dealkylation sites (tertiary alicyclic amines) is 1. The van der Waals surface area contributed by atoms with Gasteiger partial charge in [-0.25, -0.2) is 4.79 Å². The first-order chi connectivity index (χ1) is 8.82. The SMILES string of the molecule is CC(C)(C)OC(=O)N1CCCCC(CN)(CCO)C1. The van der Waals surface area contributed by atoms with E-state index in [4.69, 9.17) is 10.5 Å². The molecule has 1 aliphatic heterocycles. The second kappa shape index (κ2) is 6.57. The average molecular weight is 272 g/mol. The molecular weight excluding hydrogens is 244 g/mol. The Morgan fingerprint density at radius 2 is 2.11 bits per heavy atom. The quantitative estimate of drug-likeness (QED) is 0.820. The second-order valence-corrected chi connectivity index (χ2v) is 6.54. The molecule has 0 spiro atoms. The molecule has 0 aromatic rings. The molecular formula is C14H28N2O3. The molecule has 19 heavy (non-hydrogen) atoms. The van der Waals surface area contributed by atoms with E-state index in [0.717, 1.165) is 19.3 Å². The Hall–Kier alpha value is -0.810. The monoisotopic (exact) mass is 272 g/mol. The van der Waals surface area contributed by atoms with E-state index in [9.17, 15) is 9.90 Å². The molecule has 1 rings (SSSR count). The van der Waals surface area contributed by atoms with Crippen LogP contribution < -0.4 is 5.73 Å². The molecule has 1 heterocycles. The van der Waals surface area contributed by atoms with Crippen LogP contribution in [0.2, 0.25) is 0 Å². The van der Waals surface area contributed by atoms with E-state index >= 15 is 0 Å². The number of amides is 1. The van der Waals surface area contributed by atoms with E-state index in [-0.39, 0.29) is 18.1 Å². The third-order valence-electron chi connectivity index (χ3n) is 3.64. The molecule has 1 fully saturated rings. The predicted molar refractivity (Wildman–Crippen MR) is 74.8 cm³/mol. The molecule has 5 heteroatoms. The van der Waals surface area contributed by atoms with Crippen LogP contribution in [0.3, 0.4) is 0 Å². The van der Waals surface area contributed by atoms with Gasteiger partial charge < -0.3 is 20.5 Å². The summed E-state index contributed by atoms with van der Waals surface area (Å²) in [6, 6.07) is 0. The zero-order chi connectivity index (χ0) is 14.5.